The first kappa shape index (κ1) is 17.7. The molecule has 2 rings (SSSR count). The first-order chi connectivity index (χ1) is 11.2. The number of hydrazone groups is 1. The van der Waals surface area contributed by atoms with Gasteiger partial charge in [-0.3, -0.25) is 4.79 Å². The monoisotopic (exact) mass is 360 g/mol. The van der Waals surface area contributed by atoms with Gasteiger partial charge in [0.05, 0.1) is 11.8 Å². The molecule has 0 atom stereocenters. The quantitative estimate of drug-likeness (QED) is 0.494. The first-order valence-corrected chi connectivity index (χ1v) is 6.75. The van der Waals surface area contributed by atoms with E-state index in [1.165, 1.54) is 12.1 Å². The van der Waals surface area contributed by atoms with Crippen LogP contribution in [0.2, 0.25) is 5.02 Å². The molecule has 0 radical (unpaired) electrons. The SMILES string of the molecule is O=C(N/N=C/c1cc(Cl)cc(C(F)(F)F)c1O)c1ccc(F)cc1. The highest BCUT2D eigenvalue weighted by molar-refractivity contribution is 6.31. The highest BCUT2D eigenvalue weighted by atomic mass is 35.5. The van der Waals surface area contributed by atoms with E-state index in [0.29, 0.717) is 6.07 Å². The lowest BCUT2D eigenvalue weighted by molar-refractivity contribution is -0.138. The van der Waals surface area contributed by atoms with Crippen LogP contribution in [0.25, 0.3) is 0 Å². The Labute approximate surface area is 138 Å². The number of benzene rings is 2. The number of carbonyl (C=O) groups excluding carboxylic acids is 1. The molecule has 2 aromatic rings. The largest absolute Gasteiger partial charge is 0.507 e. The minimum atomic E-state index is -4.80. The third kappa shape index (κ3) is 4.23. The maximum Gasteiger partial charge on any atom is 0.420 e. The fraction of sp³-hybridized carbons (Fsp3) is 0.0667. The topological polar surface area (TPSA) is 61.7 Å². The Balaban J connectivity index is 2.19. The average molecular weight is 361 g/mol. The summed E-state index contributed by atoms with van der Waals surface area (Å²) in [6.07, 6.45) is -3.98. The van der Waals surface area contributed by atoms with Crippen molar-refractivity contribution in [3.05, 3.63) is 63.9 Å². The molecule has 2 N–H and O–H groups in total. The van der Waals surface area contributed by atoms with Gasteiger partial charge in [-0.25, -0.2) is 9.82 Å². The zero-order valence-electron chi connectivity index (χ0n) is 11.7. The van der Waals surface area contributed by atoms with Crippen LogP contribution in [0.3, 0.4) is 0 Å². The van der Waals surface area contributed by atoms with Crippen molar-refractivity contribution in [2.45, 2.75) is 6.18 Å². The lowest BCUT2D eigenvalue weighted by Crippen LogP contribution is -2.17. The third-order valence-electron chi connectivity index (χ3n) is 2.89. The van der Waals surface area contributed by atoms with E-state index in [9.17, 15) is 27.5 Å². The van der Waals surface area contributed by atoms with Crippen LogP contribution < -0.4 is 5.43 Å². The molecule has 0 fully saturated rings. The Morgan fingerprint density at radius 2 is 1.83 bits per heavy atom. The van der Waals surface area contributed by atoms with Crippen LogP contribution in [0.5, 0.6) is 5.75 Å². The minimum absolute atomic E-state index is 0.0971. The Hall–Kier alpha value is -2.61. The predicted molar refractivity (Wildman–Crippen MR) is 79.6 cm³/mol. The lowest BCUT2D eigenvalue weighted by Gasteiger charge is -2.11. The second-order valence-electron chi connectivity index (χ2n) is 4.59. The van der Waals surface area contributed by atoms with Gasteiger partial charge in [0.25, 0.3) is 5.91 Å². The van der Waals surface area contributed by atoms with E-state index in [1.54, 1.807) is 0 Å². The van der Waals surface area contributed by atoms with Gasteiger partial charge in [-0.15, -0.1) is 0 Å². The molecule has 0 aliphatic rings. The van der Waals surface area contributed by atoms with Crippen LogP contribution >= 0.6 is 11.6 Å². The van der Waals surface area contributed by atoms with E-state index in [1.807, 2.05) is 5.43 Å². The van der Waals surface area contributed by atoms with Crippen LogP contribution in [-0.2, 0) is 6.18 Å². The summed E-state index contributed by atoms with van der Waals surface area (Å²) in [6.45, 7) is 0. The molecular weight excluding hydrogens is 352 g/mol. The maximum atomic E-state index is 12.7. The van der Waals surface area contributed by atoms with Gasteiger partial charge in [-0.2, -0.15) is 18.3 Å². The molecular formula is C15H9ClF4N2O2. The number of nitrogens with zero attached hydrogens (tertiary/aromatic N) is 1. The molecule has 0 saturated carbocycles. The van der Waals surface area contributed by atoms with E-state index in [4.69, 9.17) is 11.6 Å². The summed E-state index contributed by atoms with van der Waals surface area (Å²) in [5, 5.41) is 12.8. The number of alkyl halides is 3. The molecule has 0 aliphatic heterocycles. The molecule has 126 valence electrons. The van der Waals surface area contributed by atoms with Gasteiger partial charge in [0, 0.05) is 16.1 Å². The second kappa shape index (κ2) is 6.88. The van der Waals surface area contributed by atoms with Crippen LogP contribution in [0.4, 0.5) is 17.6 Å². The number of amides is 1. The minimum Gasteiger partial charge on any atom is -0.507 e. The van der Waals surface area contributed by atoms with Crippen LogP contribution in [-0.4, -0.2) is 17.2 Å². The van der Waals surface area contributed by atoms with Gasteiger partial charge >= 0.3 is 6.18 Å². The maximum absolute atomic E-state index is 12.7. The van der Waals surface area contributed by atoms with Gasteiger partial charge < -0.3 is 5.11 Å². The van der Waals surface area contributed by atoms with Crippen molar-refractivity contribution in [1.82, 2.24) is 5.43 Å². The van der Waals surface area contributed by atoms with E-state index in [-0.39, 0.29) is 16.1 Å². The standard InChI is InChI=1S/C15H9ClF4N2O2/c16-10-5-9(13(23)12(6-10)15(18,19)20)7-21-22-14(24)8-1-3-11(17)4-2-8/h1-7,23H,(H,22,24)/b21-7+. The highest BCUT2D eigenvalue weighted by Gasteiger charge is 2.35. The summed E-state index contributed by atoms with van der Waals surface area (Å²) >= 11 is 5.58. The molecule has 0 saturated heterocycles. The van der Waals surface area contributed by atoms with E-state index < -0.39 is 29.2 Å². The zero-order chi connectivity index (χ0) is 17.9. The smallest absolute Gasteiger partial charge is 0.420 e. The zero-order valence-corrected chi connectivity index (χ0v) is 12.5. The normalized spacial score (nSPS) is 11.7. The summed E-state index contributed by atoms with van der Waals surface area (Å²) in [5.74, 6) is -2.30. The molecule has 0 aliphatic carbocycles. The number of rotatable bonds is 3. The highest BCUT2D eigenvalue weighted by Crippen LogP contribution is 2.38. The average Bonchev–Trinajstić information content (AvgIpc) is 2.49. The van der Waals surface area contributed by atoms with Crippen LogP contribution in [0.15, 0.2) is 41.5 Å². The van der Waals surface area contributed by atoms with Gasteiger partial charge in [-0.05, 0) is 36.4 Å². The molecule has 0 aromatic heterocycles. The van der Waals surface area contributed by atoms with E-state index in [0.717, 1.165) is 24.4 Å². The number of carbonyl (C=O) groups is 1. The van der Waals surface area contributed by atoms with Crippen molar-refractivity contribution in [2.24, 2.45) is 5.10 Å². The Morgan fingerprint density at radius 3 is 2.42 bits per heavy atom. The van der Waals surface area contributed by atoms with Crippen molar-refractivity contribution >= 4 is 23.7 Å². The van der Waals surface area contributed by atoms with Gasteiger partial charge in [-0.1, -0.05) is 11.6 Å². The Morgan fingerprint density at radius 1 is 1.21 bits per heavy atom. The first-order valence-electron chi connectivity index (χ1n) is 6.37. The number of aromatic hydroxyl groups is 1. The molecule has 0 bridgehead atoms. The predicted octanol–water partition coefficient (Wildman–Crippen LogP) is 3.97. The number of hydrogen-bond donors (Lipinski definition) is 2. The molecule has 0 spiro atoms. The summed E-state index contributed by atoms with van der Waals surface area (Å²) in [7, 11) is 0. The van der Waals surface area contributed by atoms with Crippen molar-refractivity contribution in [3.63, 3.8) is 0 Å². The summed E-state index contributed by atoms with van der Waals surface area (Å²) in [5.41, 5.74) is 0.498. The molecule has 2 aromatic carbocycles. The number of nitrogens with one attached hydrogen (secondary N) is 1. The Bertz CT molecular complexity index is 789. The van der Waals surface area contributed by atoms with Gasteiger partial charge in [0.1, 0.15) is 11.6 Å². The van der Waals surface area contributed by atoms with Crippen molar-refractivity contribution in [1.29, 1.82) is 0 Å². The fourth-order valence-electron chi connectivity index (χ4n) is 1.76. The van der Waals surface area contributed by atoms with Crippen molar-refractivity contribution < 1.29 is 27.5 Å². The number of halogens is 5. The van der Waals surface area contributed by atoms with Crippen LogP contribution in [0.1, 0.15) is 21.5 Å². The molecule has 9 heteroatoms. The van der Waals surface area contributed by atoms with Crippen molar-refractivity contribution in [2.75, 3.05) is 0 Å². The van der Waals surface area contributed by atoms with E-state index >= 15 is 0 Å². The fourth-order valence-corrected chi connectivity index (χ4v) is 1.99. The summed E-state index contributed by atoms with van der Waals surface area (Å²) in [4.78, 5) is 11.7. The van der Waals surface area contributed by atoms with Gasteiger partial charge in [0.2, 0.25) is 0 Å². The molecule has 4 nitrogen and oxygen atoms in total. The molecule has 24 heavy (non-hydrogen) atoms. The van der Waals surface area contributed by atoms with E-state index in [2.05, 4.69) is 5.10 Å². The Kier molecular flexibility index (Phi) is 5.08. The number of phenolic OH excluding ortho intramolecular Hbond substituents is 1. The number of hydrogen-bond acceptors (Lipinski definition) is 3. The molecule has 1 amide bonds. The summed E-state index contributed by atoms with van der Waals surface area (Å²) in [6, 6.07) is 6.18. The van der Waals surface area contributed by atoms with Crippen LogP contribution in [0, 0.1) is 5.82 Å². The van der Waals surface area contributed by atoms with Gasteiger partial charge in [0.15, 0.2) is 0 Å². The lowest BCUT2D eigenvalue weighted by atomic mass is 10.1. The number of phenols is 1. The summed E-state index contributed by atoms with van der Waals surface area (Å²) < 4.78 is 51.0. The van der Waals surface area contributed by atoms with Crippen molar-refractivity contribution in [3.8, 4) is 5.75 Å². The molecule has 0 unspecified atom stereocenters. The second-order valence-corrected chi connectivity index (χ2v) is 5.03. The molecule has 0 heterocycles. The third-order valence-corrected chi connectivity index (χ3v) is 3.10.